The van der Waals surface area contributed by atoms with Crippen LogP contribution in [0.15, 0.2) is 24.3 Å². The van der Waals surface area contributed by atoms with Crippen molar-refractivity contribution in [1.29, 1.82) is 0 Å². The molecule has 0 aromatic heterocycles. The zero-order chi connectivity index (χ0) is 12.5. The lowest BCUT2D eigenvalue weighted by Gasteiger charge is -2.40. The summed E-state index contributed by atoms with van der Waals surface area (Å²) in [5.41, 5.74) is 7.62. The third kappa shape index (κ3) is 2.05. The summed E-state index contributed by atoms with van der Waals surface area (Å²) in [6, 6.07) is 7.81. The first kappa shape index (κ1) is 12.4. The van der Waals surface area contributed by atoms with Gasteiger partial charge in [-0.05, 0) is 30.4 Å². The fraction of sp³-hybridized carbons (Fsp3) is 0.462. The van der Waals surface area contributed by atoms with Crippen LogP contribution in [0, 0.1) is 5.92 Å². The van der Waals surface area contributed by atoms with Crippen LogP contribution in [0.3, 0.4) is 0 Å². The number of aryl methyl sites for hydroxylation is 1. The molecule has 0 saturated carbocycles. The van der Waals surface area contributed by atoms with Crippen LogP contribution in [0.2, 0.25) is 0 Å². The monoisotopic (exact) mass is 253 g/mol. The molecule has 1 aliphatic rings. The van der Waals surface area contributed by atoms with E-state index in [0.29, 0.717) is 18.7 Å². The van der Waals surface area contributed by atoms with Crippen molar-refractivity contribution < 1.29 is 9.90 Å². The van der Waals surface area contributed by atoms with E-state index >= 15 is 0 Å². The van der Waals surface area contributed by atoms with Crippen molar-refractivity contribution in [3.63, 3.8) is 0 Å². The highest BCUT2D eigenvalue weighted by molar-refractivity contribution is 6.17. The van der Waals surface area contributed by atoms with Gasteiger partial charge in [-0.2, -0.15) is 0 Å². The van der Waals surface area contributed by atoms with Gasteiger partial charge in [0, 0.05) is 5.88 Å². The molecule has 1 aromatic rings. The zero-order valence-corrected chi connectivity index (χ0v) is 10.3. The van der Waals surface area contributed by atoms with E-state index < -0.39 is 17.4 Å². The summed E-state index contributed by atoms with van der Waals surface area (Å²) in [5.74, 6) is -1.00. The van der Waals surface area contributed by atoms with Crippen molar-refractivity contribution in [2.45, 2.75) is 24.8 Å². The summed E-state index contributed by atoms with van der Waals surface area (Å²) in [5, 5.41) is 9.30. The van der Waals surface area contributed by atoms with Crippen LogP contribution in [0.1, 0.15) is 24.0 Å². The van der Waals surface area contributed by atoms with Crippen molar-refractivity contribution in [1.82, 2.24) is 0 Å². The Balaban J connectivity index is 2.49. The minimum absolute atomic E-state index is 0.370. The third-order valence-electron chi connectivity index (χ3n) is 3.65. The van der Waals surface area contributed by atoms with Gasteiger partial charge in [-0.1, -0.05) is 24.3 Å². The van der Waals surface area contributed by atoms with E-state index in [1.165, 1.54) is 0 Å². The average Bonchev–Trinajstić information content (AvgIpc) is 2.29. The Bertz CT molecular complexity index is 435. The number of hydrogen-bond acceptors (Lipinski definition) is 2. The van der Waals surface area contributed by atoms with E-state index in [1.54, 1.807) is 0 Å². The fourth-order valence-corrected chi connectivity index (χ4v) is 3.06. The summed E-state index contributed by atoms with van der Waals surface area (Å²) in [6.45, 7) is 0. The molecule has 0 spiro atoms. The molecule has 1 aliphatic carbocycles. The van der Waals surface area contributed by atoms with Gasteiger partial charge in [0.25, 0.3) is 0 Å². The zero-order valence-electron chi connectivity index (χ0n) is 9.53. The molecule has 0 saturated heterocycles. The topological polar surface area (TPSA) is 63.3 Å². The highest BCUT2D eigenvalue weighted by Crippen LogP contribution is 2.40. The molecule has 2 rings (SSSR count). The summed E-state index contributed by atoms with van der Waals surface area (Å²) in [7, 11) is 0. The molecular weight excluding hydrogens is 238 g/mol. The van der Waals surface area contributed by atoms with E-state index in [9.17, 15) is 9.90 Å². The fourth-order valence-electron chi connectivity index (χ4n) is 2.75. The standard InChI is InChI=1S/C13H16ClNO2/c14-8-7-13(15)10-4-2-1-3-9(10)5-6-11(13)12(16)17/h1-4,11H,5-8,15H2,(H,16,17). The first-order valence-corrected chi connectivity index (χ1v) is 6.29. The predicted molar refractivity (Wildman–Crippen MR) is 67.1 cm³/mol. The molecule has 0 fully saturated rings. The Morgan fingerprint density at radius 2 is 2.24 bits per heavy atom. The van der Waals surface area contributed by atoms with Crippen molar-refractivity contribution in [2.24, 2.45) is 11.7 Å². The summed E-state index contributed by atoms with van der Waals surface area (Å²) in [4.78, 5) is 11.3. The lowest BCUT2D eigenvalue weighted by Crippen LogP contribution is -2.50. The second-order valence-electron chi connectivity index (χ2n) is 4.57. The van der Waals surface area contributed by atoms with Crippen molar-refractivity contribution in [2.75, 3.05) is 5.88 Å². The SMILES string of the molecule is NC1(CCCl)c2ccccc2CCC1C(=O)O. The molecule has 92 valence electrons. The number of nitrogens with two attached hydrogens (primary N) is 1. The van der Waals surface area contributed by atoms with Crippen LogP contribution < -0.4 is 5.73 Å². The summed E-state index contributed by atoms with van der Waals surface area (Å²) < 4.78 is 0. The number of rotatable bonds is 3. The van der Waals surface area contributed by atoms with Crippen molar-refractivity contribution in [3.8, 4) is 0 Å². The van der Waals surface area contributed by atoms with Crippen LogP contribution in [0.5, 0.6) is 0 Å². The van der Waals surface area contributed by atoms with E-state index in [1.807, 2.05) is 24.3 Å². The van der Waals surface area contributed by atoms with Gasteiger partial charge in [-0.3, -0.25) is 4.79 Å². The number of carbonyl (C=O) groups is 1. The number of alkyl halides is 1. The van der Waals surface area contributed by atoms with Gasteiger partial charge in [0.1, 0.15) is 0 Å². The van der Waals surface area contributed by atoms with Crippen LogP contribution >= 0.6 is 11.6 Å². The number of aliphatic carboxylic acids is 1. The van der Waals surface area contributed by atoms with E-state index in [2.05, 4.69) is 0 Å². The minimum Gasteiger partial charge on any atom is -0.481 e. The Morgan fingerprint density at radius 1 is 1.53 bits per heavy atom. The number of hydrogen-bond donors (Lipinski definition) is 2. The smallest absolute Gasteiger partial charge is 0.308 e. The molecule has 0 heterocycles. The molecule has 0 radical (unpaired) electrons. The van der Waals surface area contributed by atoms with Crippen molar-refractivity contribution >= 4 is 17.6 Å². The Kier molecular flexibility index (Phi) is 3.40. The molecule has 2 unspecified atom stereocenters. The molecule has 4 heteroatoms. The minimum atomic E-state index is -0.831. The number of fused-ring (bicyclic) bond motifs is 1. The first-order chi connectivity index (χ1) is 8.09. The Morgan fingerprint density at radius 3 is 2.88 bits per heavy atom. The number of halogens is 1. The summed E-state index contributed by atoms with van der Waals surface area (Å²) in [6.07, 6.45) is 1.84. The maximum absolute atomic E-state index is 11.3. The molecular formula is C13H16ClNO2. The molecule has 17 heavy (non-hydrogen) atoms. The number of benzene rings is 1. The van der Waals surface area contributed by atoms with E-state index in [-0.39, 0.29) is 0 Å². The maximum atomic E-state index is 11.3. The van der Waals surface area contributed by atoms with Gasteiger partial charge in [0.05, 0.1) is 11.5 Å². The average molecular weight is 254 g/mol. The van der Waals surface area contributed by atoms with Gasteiger partial charge >= 0.3 is 5.97 Å². The Hall–Kier alpha value is -1.06. The quantitative estimate of drug-likeness (QED) is 0.811. The normalized spacial score (nSPS) is 27.5. The van der Waals surface area contributed by atoms with Gasteiger partial charge < -0.3 is 10.8 Å². The highest BCUT2D eigenvalue weighted by atomic mass is 35.5. The highest BCUT2D eigenvalue weighted by Gasteiger charge is 2.44. The number of carboxylic acid groups (broad SMARTS) is 1. The maximum Gasteiger partial charge on any atom is 0.308 e. The molecule has 3 N–H and O–H groups in total. The van der Waals surface area contributed by atoms with E-state index in [0.717, 1.165) is 17.5 Å². The summed E-state index contributed by atoms with van der Waals surface area (Å²) >= 11 is 5.79. The van der Waals surface area contributed by atoms with Gasteiger partial charge in [-0.25, -0.2) is 0 Å². The Labute approximate surface area is 106 Å². The second kappa shape index (κ2) is 4.67. The van der Waals surface area contributed by atoms with E-state index in [4.69, 9.17) is 17.3 Å². The van der Waals surface area contributed by atoms with Crippen LogP contribution in [-0.4, -0.2) is 17.0 Å². The van der Waals surface area contributed by atoms with Gasteiger partial charge in [0.2, 0.25) is 0 Å². The lowest BCUT2D eigenvalue weighted by atomic mass is 9.68. The van der Waals surface area contributed by atoms with Crippen LogP contribution in [-0.2, 0) is 16.8 Å². The van der Waals surface area contributed by atoms with Gasteiger partial charge in [-0.15, -0.1) is 11.6 Å². The van der Waals surface area contributed by atoms with Crippen LogP contribution in [0.25, 0.3) is 0 Å². The number of carboxylic acids is 1. The largest absolute Gasteiger partial charge is 0.481 e. The molecule has 0 aliphatic heterocycles. The lowest BCUT2D eigenvalue weighted by molar-refractivity contribution is -0.145. The third-order valence-corrected chi connectivity index (χ3v) is 3.84. The van der Waals surface area contributed by atoms with Crippen molar-refractivity contribution in [3.05, 3.63) is 35.4 Å². The van der Waals surface area contributed by atoms with Gasteiger partial charge in [0.15, 0.2) is 0 Å². The predicted octanol–water partition coefficient (Wildman–Crippen LogP) is 2.12. The molecule has 0 amide bonds. The molecule has 2 atom stereocenters. The second-order valence-corrected chi connectivity index (χ2v) is 4.94. The van der Waals surface area contributed by atoms with Crippen LogP contribution in [0.4, 0.5) is 0 Å². The molecule has 3 nitrogen and oxygen atoms in total. The molecule has 1 aromatic carbocycles. The molecule has 0 bridgehead atoms. The first-order valence-electron chi connectivity index (χ1n) is 5.75.